The number of nitrogens with one attached hydrogen (secondary N) is 1. The van der Waals surface area contributed by atoms with E-state index in [9.17, 15) is 4.79 Å². The molecule has 0 aromatic heterocycles. The van der Waals surface area contributed by atoms with E-state index in [-0.39, 0.29) is 12.5 Å². The highest BCUT2D eigenvalue weighted by molar-refractivity contribution is 5.75. The van der Waals surface area contributed by atoms with Gasteiger partial charge in [0.1, 0.15) is 0 Å². The molecule has 4 nitrogen and oxygen atoms in total. The quantitative estimate of drug-likeness (QED) is 0.337. The lowest BCUT2D eigenvalue weighted by atomic mass is 10.0. The number of aliphatic hydroxyl groups is 1. The summed E-state index contributed by atoms with van der Waals surface area (Å²) in [4.78, 5) is 11.6. The number of rotatable bonds is 19. The molecule has 2 N–H and O–H groups in total. The van der Waals surface area contributed by atoms with E-state index in [2.05, 4.69) is 12.2 Å². The van der Waals surface area contributed by atoms with Crippen molar-refractivity contribution < 1.29 is 14.6 Å². The molecule has 0 bridgehead atoms. The summed E-state index contributed by atoms with van der Waals surface area (Å²) in [5, 5.41) is 11.4. The molecular formula is C20H41NO3. The molecule has 0 aliphatic carbocycles. The summed E-state index contributed by atoms with van der Waals surface area (Å²) in [7, 11) is 0. The first-order valence-corrected chi connectivity index (χ1v) is 10.3. The van der Waals surface area contributed by atoms with E-state index in [0.29, 0.717) is 26.2 Å². The standard InChI is InChI=1S/C20H41NO3/c1-2-3-4-5-6-7-8-9-10-11-12-13-14-15-20(23)21-16-18-24-19-17-22/h22H,2-19H2,1H3,(H,21,23). The molecule has 0 saturated carbocycles. The van der Waals surface area contributed by atoms with Crippen molar-refractivity contribution >= 4 is 5.91 Å². The van der Waals surface area contributed by atoms with Gasteiger partial charge in [-0.15, -0.1) is 0 Å². The first kappa shape index (κ1) is 23.4. The molecule has 0 radical (unpaired) electrons. The SMILES string of the molecule is CCCCCCCCCCCCCCCC(=O)NCCOCCO. The van der Waals surface area contributed by atoms with Crippen molar-refractivity contribution in [2.75, 3.05) is 26.4 Å². The predicted octanol–water partition coefficient (Wildman–Crippen LogP) is 4.59. The topological polar surface area (TPSA) is 58.6 Å². The molecule has 0 aliphatic heterocycles. The van der Waals surface area contributed by atoms with Crippen LogP contribution in [0.2, 0.25) is 0 Å². The van der Waals surface area contributed by atoms with Crippen molar-refractivity contribution in [3.8, 4) is 0 Å². The van der Waals surface area contributed by atoms with Crippen molar-refractivity contribution in [3.63, 3.8) is 0 Å². The van der Waals surface area contributed by atoms with Gasteiger partial charge in [-0.2, -0.15) is 0 Å². The highest BCUT2D eigenvalue weighted by atomic mass is 16.5. The van der Waals surface area contributed by atoms with Crippen LogP contribution in [0, 0.1) is 0 Å². The zero-order chi connectivity index (χ0) is 17.7. The molecule has 0 aliphatic rings. The van der Waals surface area contributed by atoms with Crippen LogP contribution in [0.5, 0.6) is 0 Å². The number of aliphatic hydroxyl groups excluding tert-OH is 1. The van der Waals surface area contributed by atoms with Crippen molar-refractivity contribution in [1.82, 2.24) is 5.32 Å². The summed E-state index contributed by atoms with van der Waals surface area (Å²) >= 11 is 0. The first-order valence-electron chi connectivity index (χ1n) is 10.3. The Labute approximate surface area is 149 Å². The molecule has 0 atom stereocenters. The first-order chi connectivity index (χ1) is 11.8. The summed E-state index contributed by atoms with van der Waals surface area (Å²) in [6.07, 6.45) is 17.9. The van der Waals surface area contributed by atoms with E-state index in [1.807, 2.05) is 0 Å². The summed E-state index contributed by atoms with van der Waals surface area (Å²) in [6.45, 7) is 3.66. The number of hydrogen-bond acceptors (Lipinski definition) is 3. The van der Waals surface area contributed by atoms with Gasteiger partial charge >= 0.3 is 0 Å². The summed E-state index contributed by atoms with van der Waals surface area (Å²) < 4.78 is 5.09. The van der Waals surface area contributed by atoms with Crippen molar-refractivity contribution in [1.29, 1.82) is 0 Å². The van der Waals surface area contributed by atoms with Crippen LogP contribution in [0.1, 0.15) is 96.8 Å². The van der Waals surface area contributed by atoms with Gasteiger partial charge in [-0.1, -0.05) is 84.0 Å². The molecule has 4 heteroatoms. The second kappa shape index (κ2) is 20.4. The zero-order valence-corrected chi connectivity index (χ0v) is 16.0. The zero-order valence-electron chi connectivity index (χ0n) is 16.0. The molecule has 0 aromatic rings. The van der Waals surface area contributed by atoms with Crippen molar-refractivity contribution in [2.45, 2.75) is 96.8 Å². The van der Waals surface area contributed by atoms with Gasteiger partial charge in [-0.05, 0) is 6.42 Å². The van der Waals surface area contributed by atoms with Gasteiger partial charge < -0.3 is 15.2 Å². The fourth-order valence-corrected chi connectivity index (χ4v) is 2.82. The molecular weight excluding hydrogens is 302 g/mol. The minimum Gasteiger partial charge on any atom is -0.394 e. The lowest BCUT2D eigenvalue weighted by Crippen LogP contribution is -2.27. The van der Waals surface area contributed by atoms with E-state index < -0.39 is 0 Å². The third kappa shape index (κ3) is 19.4. The van der Waals surface area contributed by atoms with Gasteiger partial charge in [0.05, 0.1) is 19.8 Å². The lowest BCUT2D eigenvalue weighted by Gasteiger charge is -2.06. The molecule has 144 valence electrons. The van der Waals surface area contributed by atoms with E-state index in [4.69, 9.17) is 9.84 Å². The molecule has 0 saturated heterocycles. The predicted molar refractivity (Wildman–Crippen MR) is 101 cm³/mol. The maximum atomic E-state index is 11.6. The van der Waals surface area contributed by atoms with E-state index in [1.54, 1.807) is 0 Å². The average Bonchev–Trinajstić information content (AvgIpc) is 2.59. The van der Waals surface area contributed by atoms with Gasteiger partial charge in [-0.3, -0.25) is 4.79 Å². The maximum Gasteiger partial charge on any atom is 0.220 e. The van der Waals surface area contributed by atoms with Crippen LogP contribution in [-0.4, -0.2) is 37.4 Å². The highest BCUT2D eigenvalue weighted by Crippen LogP contribution is 2.12. The van der Waals surface area contributed by atoms with Crippen molar-refractivity contribution in [3.05, 3.63) is 0 Å². The maximum absolute atomic E-state index is 11.6. The largest absolute Gasteiger partial charge is 0.394 e. The summed E-state index contributed by atoms with van der Waals surface area (Å²) in [6, 6.07) is 0. The smallest absolute Gasteiger partial charge is 0.220 e. The highest BCUT2D eigenvalue weighted by Gasteiger charge is 2.00. The second-order valence-electron chi connectivity index (χ2n) is 6.68. The number of amides is 1. The molecule has 0 heterocycles. The van der Waals surface area contributed by atoms with Crippen LogP contribution < -0.4 is 5.32 Å². The minimum absolute atomic E-state index is 0.0346. The van der Waals surface area contributed by atoms with Gasteiger partial charge in [-0.25, -0.2) is 0 Å². The Balaban J connectivity index is 3.10. The minimum atomic E-state index is 0.0346. The van der Waals surface area contributed by atoms with Crippen molar-refractivity contribution in [2.24, 2.45) is 0 Å². The average molecular weight is 344 g/mol. The normalized spacial score (nSPS) is 10.9. The molecule has 0 unspecified atom stereocenters. The monoisotopic (exact) mass is 343 g/mol. The summed E-state index contributed by atoms with van der Waals surface area (Å²) in [5.41, 5.74) is 0. The van der Waals surface area contributed by atoms with Gasteiger partial charge in [0, 0.05) is 13.0 Å². The van der Waals surface area contributed by atoms with Gasteiger partial charge in [0.25, 0.3) is 0 Å². The number of carbonyl (C=O) groups is 1. The fourth-order valence-electron chi connectivity index (χ4n) is 2.82. The Morgan fingerprint density at radius 3 is 1.79 bits per heavy atom. The Bertz CT molecular complexity index is 259. The van der Waals surface area contributed by atoms with Crippen LogP contribution >= 0.6 is 0 Å². The number of carbonyl (C=O) groups excluding carboxylic acids is 1. The molecule has 0 fully saturated rings. The Kier molecular flexibility index (Phi) is 19.9. The lowest BCUT2D eigenvalue weighted by molar-refractivity contribution is -0.121. The molecule has 0 aromatic carbocycles. The molecule has 24 heavy (non-hydrogen) atoms. The van der Waals surface area contributed by atoms with Crippen LogP contribution in [0.15, 0.2) is 0 Å². The van der Waals surface area contributed by atoms with Gasteiger partial charge in [0.15, 0.2) is 0 Å². The van der Waals surface area contributed by atoms with Crippen LogP contribution in [-0.2, 0) is 9.53 Å². The third-order valence-electron chi connectivity index (χ3n) is 4.31. The Morgan fingerprint density at radius 2 is 1.29 bits per heavy atom. The Hall–Kier alpha value is -0.610. The van der Waals surface area contributed by atoms with E-state index in [1.165, 1.54) is 70.6 Å². The van der Waals surface area contributed by atoms with Crippen LogP contribution in [0.25, 0.3) is 0 Å². The third-order valence-corrected chi connectivity index (χ3v) is 4.31. The van der Waals surface area contributed by atoms with Gasteiger partial charge in [0.2, 0.25) is 5.91 Å². The number of unbranched alkanes of at least 4 members (excludes halogenated alkanes) is 12. The summed E-state index contributed by atoms with van der Waals surface area (Å²) in [5.74, 6) is 0.116. The number of hydrogen-bond donors (Lipinski definition) is 2. The molecule has 0 spiro atoms. The molecule has 1 amide bonds. The van der Waals surface area contributed by atoms with Crippen LogP contribution in [0.3, 0.4) is 0 Å². The van der Waals surface area contributed by atoms with E-state index in [0.717, 1.165) is 12.8 Å². The van der Waals surface area contributed by atoms with Crippen LogP contribution in [0.4, 0.5) is 0 Å². The Morgan fingerprint density at radius 1 is 0.792 bits per heavy atom. The second-order valence-corrected chi connectivity index (χ2v) is 6.68. The number of ether oxygens (including phenoxy) is 1. The molecule has 0 rings (SSSR count). The van der Waals surface area contributed by atoms with E-state index >= 15 is 0 Å². The fraction of sp³-hybridized carbons (Fsp3) is 0.950.